The maximum absolute atomic E-state index is 12.7. The van der Waals surface area contributed by atoms with Gasteiger partial charge in [-0.15, -0.1) is 0 Å². The van der Waals surface area contributed by atoms with E-state index in [-0.39, 0.29) is 17.2 Å². The van der Waals surface area contributed by atoms with Gasteiger partial charge in [-0.05, 0) is 36.0 Å². The van der Waals surface area contributed by atoms with Crippen molar-refractivity contribution in [2.24, 2.45) is 5.92 Å². The van der Waals surface area contributed by atoms with Crippen LogP contribution in [0.1, 0.15) is 56.0 Å². The molecule has 2 amide bonds. The largest absolute Gasteiger partial charge is 0.339 e. The number of benzene rings is 1. The molecule has 0 aromatic heterocycles. The highest BCUT2D eigenvalue weighted by molar-refractivity contribution is 5.94. The first-order chi connectivity index (χ1) is 11.4. The average Bonchev–Trinajstić information content (AvgIpc) is 2.52. The van der Waals surface area contributed by atoms with Crippen LogP contribution in [0.15, 0.2) is 24.3 Å². The van der Waals surface area contributed by atoms with Crippen molar-refractivity contribution in [3.05, 3.63) is 35.4 Å². The smallest absolute Gasteiger partial charge is 0.253 e. The molecule has 1 aliphatic carbocycles. The summed E-state index contributed by atoms with van der Waals surface area (Å²) < 4.78 is 0. The molecule has 0 unspecified atom stereocenters. The maximum atomic E-state index is 12.7. The first kappa shape index (κ1) is 17.0. The summed E-state index contributed by atoms with van der Waals surface area (Å²) in [5, 5.41) is 0. The molecule has 0 spiro atoms. The number of carbonyl (C=O) groups is 2. The Balaban J connectivity index is 1.57. The Kier molecular flexibility index (Phi) is 4.66. The van der Waals surface area contributed by atoms with E-state index in [0.29, 0.717) is 32.1 Å². The third-order valence-electron chi connectivity index (χ3n) is 5.33. The lowest BCUT2D eigenvalue weighted by Crippen LogP contribution is -2.52. The SMILES string of the molecule is CC(C)(C)c1ccc(C(=O)N2CCN(C(=O)C3CCC3)CC2)cc1. The Bertz CT molecular complexity index is 604. The summed E-state index contributed by atoms with van der Waals surface area (Å²) in [7, 11) is 0. The van der Waals surface area contributed by atoms with Crippen molar-refractivity contribution < 1.29 is 9.59 Å². The minimum Gasteiger partial charge on any atom is -0.339 e. The minimum atomic E-state index is 0.0752. The number of hydrogen-bond acceptors (Lipinski definition) is 2. The van der Waals surface area contributed by atoms with E-state index in [2.05, 4.69) is 20.8 Å². The second-order valence-electron chi connectivity index (χ2n) is 8.07. The van der Waals surface area contributed by atoms with Crippen molar-refractivity contribution in [3.63, 3.8) is 0 Å². The van der Waals surface area contributed by atoms with Gasteiger partial charge in [0.2, 0.25) is 5.91 Å². The average molecular weight is 328 g/mol. The topological polar surface area (TPSA) is 40.6 Å². The molecule has 1 heterocycles. The quantitative estimate of drug-likeness (QED) is 0.837. The van der Waals surface area contributed by atoms with Crippen LogP contribution in [0.4, 0.5) is 0 Å². The monoisotopic (exact) mass is 328 g/mol. The molecule has 24 heavy (non-hydrogen) atoms. The van der Waals surface area contributed by atoms with Crippen LogP contribution < -0.4 is 0 Å². The molecule has 130 valence electrons. The number of nitrogens with zero attached hydrogens (tertiary/aromatic N) is 2. The van der Waals surface area contributed by atoms with Crippen LogP contribution in [-0.2, 0) is 10.2 Å². The van der Waals surface area contributed by atoms with Gasteiger partial charge in [-0.3, -0.25) is 9.59 Å². The van der Waals surface area contributed by atoms with Crippen LogP contribution >= 0.6 is 0 Å². The standard InChI is InChI=1S/C20H28N2O2/c1-20(2,3)17-9-7-16(8-10-17)19(24)22-13-11-21(12-14-22)18(23)15-5-4-6-15/h7-10,15H,4-6,11-14H2,1-3H3. The van der Waals surface area contributed by atoms with Gasteiger partial charge in [0.25, 0.3) is 5.91 Å². The first-order valence-corrected chi connectivity index (χ1v) is 9.05. The fraction of sp³-hybridized carbons (Fsp3) is 0.600. The second kappa shape index (κ2) is 6.58. The molecule has 1 saturated heterocycles. The van der Waals surface area contributed by atoms with Crippen molar-refractivity contribution in [2.45, 2.75) is 45.4 Å². The summed E-state index contributed by atoms with van der Waals surface area (Å²) in [6, 6.07) is 7.94. The number of amides is 2. The zero-order valence-electron chi connectivity index (χ0n) is 15.0. The molecule has 0 bridgehead atoms. The van der Waals surface area contributed by atoms with E-state index in [9.17, 15) is 9.59 Å². The van der Waals surface area contributed by atoms with Gasteiger partial charge in [0.1, 0.15) is 0 Å². The van der Waals surface area contributed by atoms with Crippen molar-refractivity contribution in [1.29, 1.82) is 0 Å². The van der Waals surface area contributed by atoms with E-state index in [1.165, 1.54) is 12.0 Å². The Hall–Kier alpha value is -1.84. The number of rotatable bonds is 2. The van der Waals surface area contributed by atoms with Crippen molar-refractivity contribution in [2.75, 3.05) is 26.2 Å². The highest BCUT2D eigenvalue weighted by atomic mass is 16.2. The van der Waals surface area contributed by atoms with Crippen molar-refractivity contribution >= 4 is 11.8 Å². The van der Waals surface area contributed by atoms with E-state index in [0.717, 1.165) is 18.4 Å². The van der Waals surface area contributed by atoms with Crippen LogP contribution in [0.25, 0.3) is 0 Å². The van der Waals surface area contributed by atoms with Crippen LogP contribution in [0.2, 0.25) is 0 Å². The van der Waals surface area contributed by atoms with Crippen LogP contribution in [-0.4, -0.2) is 47.8 Å². The molecule has 0 N–H and O–H groups in total. The zero-order chi connectivity index (χ0) is 17.3. The Morgan fingerprint density at radius 1 is 0.917 bits per heavy atom. The number of piperazine rings is 1. The molecular weight excluding hydrogens is 300 g/mol. The Labute approximate surface area is 144 Å². The third-order valence-corrected chi connectivity index (χ3v) is 5.33. The maximum Gasteiger partial charge on any atom is 0.253 e. The van der Waals surface area contributed by atoms with Gasteiger partial charge in [-0.1, -0.05) is 39.3 Å². The van der Waals surface area contributed by atoms with Gasteiger partial charge in [0, 0.05) is 37.7 Å². The van der Waals surface area contributed by atoms with Gasteiger partial charge < -0.3 is 9.80 Å². The summed E-state index contributed by atoms with van der Waals surface area (Å²) in [6.45, 7) is 9.12. The molecule has 3 rings (SSSR count). The van der Waals surface area contributed by atoms with E-state index in [1.807, 2.05) is 34.1 Å². The molecular formula is C20H28N2O2. The van der Waals surface area contributed by atoms with E-state index >= 15 is 0 Å². The van der Waals surface area contributed by atoms with Gasteiger partial charge in [0.15, 0.2) is 0 Å². The Morgan fingerprint density at radius 3 is 1.92 bits per heavy atom. The fourth-order valence-electron chi connectivity index (χ4n) is 3.34. The van der Waals surface area contributed by atoms with Crippen LogP contribution in [0.5, 0.6) is 0 Å². The van der Waals surface area contributed by atoms with Gasteiger partial charge in [-0.2, -0.15) is 0 Å². The Morgan fingerprint density at radius 2 is 1.46 bits per heavy atom. The van der Waals surface area contributed by atoms with E-state index in [1.54, 1.807) is 0 Å². The highest BCUT2D eigenvalue weighted by Crippen LogP contribution is 2.28. The minimum absolute atomic E-state index is 0.0752. The first-order valence-electron chi connectivity index (χ1n) is 9.05. The van der Waals surface area contributed by atoms with Gasteiger partial charge in [-0.25, -0.2) is 0 Å². The lowest BCUT2D eigenvalue weighted by atomic mass is 9.84. The van der Waals surface area contributed by atoms with Gasteiger partial charge in [0.05, 0.1) is 0 Å². The molecule has 4 heteroatoms. The summed E-state index contributed by atoms with van der Waals surface area (Å²) in [4.78, 5) is 28.8. The normalized spacial score (nSPS) is 19.1. The van der Waals surface area contributed by atoms with E-state index < -0.39 is 0 Å². The van der Waals surface area contributed by atoms with Crippen LogP contribution in [0.3, 0.4) is 0 Å². The van der Waals surface area contributed by atoms with Crippen molar-refractivity contribution in [1.82, 2.24) is 9.80 Å². The molecule has 2 fully saturated rings. The zero-order valence-corrected chi connectivity index (χ0v) is 15.0. The molecule has 1 aliphatic heterocycles. The predicted octanol–water partition coefficient (Wildman–Crippen LogP) is 3.07. The summed E-state index contributed by atoms with van der Waals surface area (Å²) in [5.41, 5.74) is 2.06. The molecule has 1 saturated carbocycles. The molecule has 4 nitrogen and oxygen atoms in total. The summed E-state index contributed by atoms with van der Waals surface area (Å²) >= 11 is 0. The molecule has 0 radical (unpaired) electrons. The van der Waals surface area contributed by atoms with E-state index in [4.69, 9.17) is 0 Å². The highest BCUT2D eigenvalue weighted by Gasteiger charge is 2.32. The lowest BCUT2D eigenvalue weighted by Gasteiger charge is -2.38. The van der Waals surface area contributed by atoms with Crippen LogP contribution in [0, 0.1) is 5.92 Å². The second-order valence-corrected chi connectivity index (χ2v) is 8.07. The summed E-state index contributed by atoms with van der Waals surface area (Å²) in [6.07, 6.45) is 3.26. The lowest BCUT2D eigenvalue weighted by molar-refractivity contribution is -0.139. The van der Waals surface area contributed by atoms with Gasteiger partial charge >= 0.3 is 0 Å². The third kappa shape index (κ3) is 3.47. The van der Waals surface area contributed by atoms with Crippen molar-refractivity contribution in [3.8, 4) is 0 Å². The predicted molar refractivity (Wildman–Crippen MR) is 95.0 cm³/mol. The molecule has 0 atom stereocenters. The number of carbonyl (C=O) groups excluding carboxylic acids is 2. The summed E-state index contributed by atoms with van der Waals surface area (Å²) in [5.74, 6) is 0.617. The fourth-order valence-corrected chi connectivity index (χ4v) is 3.34. The molecule has 1 aromatic carbocycles. The molecule has 1 aromatic rings. The number of hydrogen-bond donors (Lipinski definition) is 0. The molecule has 2 aliphatic rings.